The molecule has 1 saturated heterocycles. The van der Waals surface area contributed by atoms with Gasteiger partial charge < -0.3 is 10.1 Å². The van der Waals surface area contributed by atoms with Crippen LogP contribution < -0.4 is 10.1 Å². The van der Waals surface area contributed by atoms with Crippen molar-refractivity contribution in [1.29, 1.82) is 0 Å². The van der Waals surface area contributed by atoms with Crippen molar-refractivity contribution < 1.29 is 14.3 Å². The van der Waals surface area contributed by atoms with Crippen LogP contribution >= 0.6 is 24.0 Å². The summed E-state index contributed by atoms with van der Waals surface area (Å²) in [5.74, 6) is 1.70. The highest BCUT2D eigenvalue weighted by atomic mass is 32.2. The van der Waals surface area contributed by atoms with Gasteiger partial charge in [0, 0.05) is 19.5 Å². The number of ether oxygens (including phenoxy) is 1. The summed E-state index contributed by atoms with van der Waals surface area (Å²) in [5, 5.41) is 2.49. The Morgan fingerprint density at radius 3 is 2.20 bits per heavy atom. The van der Waals surface area contributed by atoms with Crippen molar-refractivity contribution in [2.45, 2.75) is 32.1 Å². The minimum atomic E-state index is -0.433. The average Bonchev–Trinajstić information content (AvgIpc) is 3.11. The zero-order valence-corrected chi connectivity index (χ0v) is 21.4. The van der Waals surface area contributed by atoms with E-state index in [1.807, 2.05) is 92.7 Å². The highest BCUT2D eigenvalue weighted by molar-refractivity contribution is 8.24. The number of para-hydroxylation sites is 1. The van der Waals surface area contributed by atoms with Crippen LogP contribution in [0.3, 0.4) is 0 Å². The van der Waals surface area contributed by atoms with Crippen LogP contribution in [-0.2, 0) is 16.1 Å². The Hall–Kier alpha value is -3.16. The lowest BCUT2D eigenvalue weighted by atomic mass is 10.0. The first-order valence-electron chi connectivity index (χ1n) is 11.6. The van der Waals surface area contributed by atoms with Crippen LogP contribution in [0.15, 0.2) is 78.9 Å². The summed E-state index contributed by atoms with van der Waals surface area (Å²) in [6.45, 7) is 5.09. The number of amides is 2. The molecule has 0 bridgehead atoms. The number of carbonyl (C=O) groups is 2. The Kier molecular flexibility index (Phi) is 8.21. The summed E-state index contributed by atoms with van der Waals surface area (Å²) in [5.41, 5.74) is 3.16. The van der Waals surface area contributed by atoms with E-state index in [2.05, 4.69) is 5.32 Å². The Balaban J connectivity index is 1.27. The molecule has 0 aliphatic carbocycles. The van der Waals surface area contributed by atoms with Gasteiger partial charge in [-0.15, -0.1) is 0 Å². The third-order valence-corrected chi connectivity index (χ3v) is 7.12. The van der Waals surface area contributed by atoms with Gasteiger partial charge in [-0.2, -0.15) is 0 Å². The van der Waals surface area contributed by atoms with Gasteiger partial charge in [0.25, 0.3) is 0 Å². The maximum Gasteiger partial charge on any atom is 0.242 e. The molecule has 1 unspecified atom stereocenters. The molecule has 1 heterocycles. The van der Waals surface area contributed by atoms with E-state index in [9.17, 15) is 9.59 Å². The molecule has 4 rings (SSSR count). The summed E-state index contributed by atoms with van der Waals surface area (Å²) in [4.78, 5) is 26.7. The molecule has 1 atom stereocenters. The Morgan fingerprint density at radius 1 is 0.971 bits per heavy atom. The number of hydrogen-bond acceptors (Lipinski definition) is 5. The molecule has 0 spiro atoms. The van der Waals surface area contributed by atoms with Crippen molar-refractivity contribution in [3.63, 3.8) is 0 Å². The van der Waals surface area contributed by atoms with Gasteiger partial charge >= 0.3 is 0 Å². The van der Waals surface area contributed by atoms with Crippen LogP contribution in [0.2, 0.25) is 0 Å². The number of thiocarbonyl (C=S) groups is 1. The van der Waals surface area contributed by atoms with Crippen LogP contribution in [0.25, 0.3) is 11.1 Å². The molecule has 0 radical (unpaired) electrons. The maximum absolute atomic E-state index is 12.6. The van der Waals surface area contributed by atoms with E-state index in [1.54, 1.807) is 4.90 Å². The van der Waals surface area contributed by atoms with E-state index >= 15 is 0 Å². The molecule has 1 N–H and O–H groups in total. The van der Waals surface area contributed by atoms with Gasteiger partial charge in [0.05, 0.1) is 5.25 Å². The van der Waals surface area contributed by atoms with Gasteiger partial charge in [-0.05, 0) is 46.9 Å². The quantitative estimate of drug-likeness (QED) is 0.360. The molecule has 1 aliphatic heterocycles. The Labute approximate surface area is 215 Å². The van der Waals surface area contributed by atoms with Crippen molar-refractivity contribution in [3.8, 4) is 22.6 Å². The third kappa shape index (κ3) is 6.71. The summed E-state index contributed by atoms with van der Waals surface area (Å²) in [6, 6.07) is 25.7. The number of rotatable bonds is 9. The minimum Gasteiger partial charge on any atom is -0.457 e. The predicted molar refractivity (Wildman–Crippen MR) is 145 cm³/mol. The molecular formula is C28H28N2O3S2. The van der Waals surface area contributed by atoms with E-state index in [0.29, 0.717) is 23.3 Å². The fourth-order valence-electron chi connectivity index (χ4n) is 3.75. The van der Waals surface area contributed by atoms with E-state index in [1.165, 1.54) is 11.8 Å². The van der Waals surface area contributed by atoms with Crippen molar-refractivity contribution >= 4 is 40.1 Å². The average molecular weight is 505 g/mol. The van der Waals surface area contributed by atoms with Crippen molar-refractivity contribution in [1.82, 2.24) is 10.2 Å². The molecule has 35 heavy (non-hydrogen) atoms. The van der Waals surface area contributed by atoms with Gasteiger partial charge in [0.2, 0.25) is 11.8 Å². The number of nitrogens with one attached hydrogen (secondary N) is 1. The SMILES string of the molecule is CC(C)CN1C(=O)C(CC(=O)NCc2ccc(-c3ccc(Oc4ccccc4)cc3)cc2)SC1=S. The summed E-state index contributed by atoms with van der Waals surface area (Å²) in [7, 11) is 0. The van der Waals surface area contributed by atoms with Gasteiger partial charge in [-0.1, -0.05) is 92.4 Å². The first kappa shape index (κ1) is 24.9. The molecule has 0 aromatic heterocycles. The topological polar surface area (TPSA) is 58.6 Å². The number of nitrogens with zero attached hydrogens (tertiary/aromatic N) is 1. The van der Waals surface area contributed by atoms with Gasteiger partial charge in [0.15, 0.2) is 0 Å². The first-order valence-corrected chi connectivity index (χ1v) is 12.9. The Morgan fingerprint density at radius 2 is 1.57 bits per heavy atom. The van der Waals surface area contributed by atoms with Gasteiger partial charge in [-0.3, -0.25) is 14.5 Å². The largest absolute Gasteiger partial charge is 0.457 e. The second-order valence-corrected chi connectivity index (χ2v) is 10.7. The first-order chi connectivity index (χ1) is 16.9. The molecule has 5 nitrogen and oxygen atoms in total. The van der Waals surface area contributed by atoms with Crippen LogP contribution in [0.5, 0.6) is 11.5 Å². The summed E-state index contributed by atoms with van der Waals surface area (Å²) in [6.07, 6.45) is 0.133. The normalized spacial score (nSPS) is 15.5. The Bertz CT molecular complexity index is 1180. The third-order valence-electron chi connectivity index (χ3n) is 5.53. The molecule has 0 saturated carbocycles. The minimum absolute atomic E-state index is 0.0617. The second kappa shape index (κ2) is 11.5. The van der Waals surface area contributed by atoms with E-state index in [-0.39, 0.29) is 18.2 Å². The molecule has 3 aromatic rings. The lowest BCUT2D eigenvalue weighted by Gasteiger charge is -2.17. The van der Waals surface area contributed by atoms with Gasteiger partial charge in [0.1, 0.15) is 15.8 Å². The monoisotopic (exact) mass is 504 g/mol. The molecule has 1 aliphatic rings. The van der Waals surface area contributed by atoms with Crippen LogP contribution in [-0.4, -0.2) is 32.8 Å². The molecule has 180 valence electrons. The zero-order valence-electron chi connectivity index (χ0n) is 19.8. The standard InChI is InChI=1S/C28H28N2O3S2/c1-19(2)18-30-27(32)25(35-28(30)34)16-26(31)29-17-20-8-10-21(11-9-20)22-12-14-24(15-13-22)33-23-6-4-3-5-7-23/h3-15,19,25H,16-18H2,1-2H3,(H,29,31). The number of thioether (sulfide) groups is 1. The van der Waals surface area contributed by atoms with Crippen LogP contribution in [0.4, 0.5) is 0 Å². The van der Waals surface area contributed by atoms with Crippen LogP contribution in [0.1, 0.15) is 25.8 Å². The lowest BCUT2D eigenvalue weighted by Crippen LogP contribution is -2.36. The van der Waals surface area contributed by atoms with Gasteiger partial charge in [-0.25, -0.2) is 0 Å². The number of hydrogen-bond donors (Lipinski definition) is 1. The second-order valence-electron chi connectivity index (χ2n) is 8.83. The maximum atomic E-state index is 12.6. The lowest BCUT2D eigenvalue weighted by molar-refractivity contribution is -0.129. The van der Waals surface area contributed by atoms with Crippen molar-refractivity contribution in [3.05, 3.63) is 84.4 Å². The van der Waals surface area contributed by atoms with E-state index in [4.69, 9.17) is 17.0 Å². The number of carbonyl (C=O) groups excluding carboxylic acids is 2. The number of benzene rings is 3. The highest BCUT2D eigenvalue weighted by Crippen LogP contribution is 2.30. The zero-order chi connectivity index (χ0) is 24.8. The highest BCUT2D eigenvalue weighted by Gasteiger charge is 2.38. The van der Waals surface area contributed by atoms with Crippen molar-refractivity contribution in [2.75, 3.05) is 6.54 Å². The molecule has 7 heteroatoms. The van der Waals surface area contributed by atoms with E-state index in [0.717, 1.165) is 28.2 Å². The molecular weight excluding hydrogens is 476 g/mol. The molecule has 1 fully saturated rings. The van der Waals surface area contributed by atoms with Crippen LogP contribution in [0, 0.1) is 5.92 Å². The molecule has 3 aromatic carbocycles. The molecule has 2 amide bonds. The summed E-state index contributed by atoms with van der Waals surface area (Å²) >= 11 is 6.64. The van der Waals surface area contributed by atoms with Crippen molar-refractivity contribution in [2.24, 2.45) is 5.92 Å². The van der Waals surface area contributed by atoms with E-state index < -0.39 is 5.25 Å². The fraction of sp³-hybridized carbons (Fsp3) is 0.250. The fourth-order valence-corrected chi connectivity index (χ4v) is 5.27. The smallest absolute Gasteiger partial charge is 0.242 e. The summed E-state index contributed by atoms with van der Waals surface area (Å²) < 4.78 is 6.42. The predicted octanol–water partition coefficient (Wildman–Crippen LogP) is 6.04.